The Morgan fingerprint density at radius 3 is 0.621 bits per heavy atom. The van der Waals surface area contributed by atoms with Crippen molar-refractivity contribution in [2.75, 3.05) is 0 Å². The van der Waals surface area contributed by atoms with Gasteiger partial charge in [0.1, 0.15) is 0 Å². The fraction of sp³-hybridized carbons (Fsp3) is 1.00. The SMILES string of the molecule is CC(C)(C)C(F)(F)C(F)(F)C(F)(F)C(F)(F)C(F)(F)C(F)(F)C(F)(F)C(C)(F)F. The highest BCUT2D eigenvalue weighted by atomic mass is 19.4. The molecule has 0 aromatic heterocycles. The second kappa shape index (κ2) is 6.44. The molecule has 0 spiro atoms. The van der Waals surface area contributed by atoms with Gasteiger partial charge >= 0.3 is 47.4 Å². The van der Waals surface area contributed by atoms with Gasteiger partial charge in [-0.1, -0.05) is 20.8 Å². The maximum absolute atomic E-state index is 13.6. The minimum atomic E-state index is -8.35. The third kappa shape index (κ3) is 3.31. The molecule has 0 nitrogen and oxygen atoms in total. The van der Waals surface area contributed by atoms with Crippen molar-refractivity contribution in [2.24, 2.45) is 5.41 Å². The quantitative estimate of drug-likeness (QED) is 0.346. The van der Waals surface area contributed by atoms with E-state index in [1.165, 1.54) is 0 Å². The lowest BCUT2D eigenvalue weighted by molar-refractivity contribution is -0.456. The van der Waals surface area contributed by atoms with E-state index in [1.807, 2.05) is 0 Å². The van der Waals surface area contributed by atoms with Gasteiger partial charge in [-0.15, -0.1) is 0 Å². The molecule has 0 amide bonds. The molecule has 0 aliphatic carbocycles. The van der Waals surface area contributed by atoms with Crippen molar-refractivity contribution in [2.45, 2.75) is 75.1 Å². The Kier molecular flexibility index (Phi) is 6.19. The number of hydrogen-bond donors (Lipinski definition) is 0. The van der Waals surface area contributed by atoms with Crippen LogP contribution in [0.5, 0.6) is 0 Å². The van der Waals surface area contributed by atoms with Crippen molar-refractivity contribution in [3.8, 4) is 0 Å². The van der Waals surface area contributed by atoms with E-state index in [1.54, 1.807) is 0 Å². The molecule has 0 saturated carbocycles. The summed E-state index contributed by atoms with van der Waals surface area (Å²) in [5.41, 5.74) is -3.37. The van der Waals surface area contributed by atoms with Crippen LogP contribution in [-0.2, 0) is 0 Å². The third-order valence-electron chi connectivity index (χ3n) is 3.86. The van der Waals surface area contributed by atoms with Crippen molar-refractivity contribution in [3.63, 3.8) is 0 Å². The second-order valence-electron chi connectivity index (χ2n) is 7.16. The zero-order chi connectivity index (χ0) is 24.5. The summed E-state index contributed by atoms with van der Waals surface area (Å²) in [5.74, 6) is -60.4. The molecule has 176 valence electrons. The summed E-state index contributed by atoms with van der Waals surface area (Å²) in [6, 6.07) is 0. The normalized spacial score (nSPS) is 17.0. The van der Waals surface area contributed by atoms with Crippen LogP contribution in [0.3, 0.4) is 0 Å². The maximum atomic E-state index is 13.6. The Morgan fingerprint density at radius 1 is 0.276 bits per heavy atom. The number of rotatable bonds is 7. The fourth-order valence-corrected chi connectivity index (χ4v) is 1.73. The average Bonchev–Trinajstić information content (AvgIpc) is 2.43. The Hall–Kier alpha value is -1.12. The van der Waals surface area contributed by atoms with Gasteiger partial charge in [0.25, 0.3) is 0 Å². The molecule has 29 heavy (non-hydrogen) atoms. The van der Waals surface area contributed by atoms with Crippen LogP contribution >= 0.6 is 0 Å². The second-order valence-corrected chi connectivity index (χ2v) is 7.16. The highest BCUT2D eigenvalue weighted by molar-refractivity contribution is 5.16. The minimum absolute atomic E-state index is 0.0493. The van der Waals surface area contributed by atoms with Crippen molar-refractivity contribution in [1.82, 2.24) is 0 Å². The molecule has 0 heterocycles. The summed E-state index contributed by atoms with van der Waals surface area (Å²) in [7, 11) is 0. The zero-order valence-electron chi connectivity index (χ0n) is 14.5. The summed E-state index contributed by atoms with van der Waals surface area (Å²) >= 11 is 0. The molecule has 0 aromatic carbocycles. The largest absolute Gasteiger partial charge is 0.384 e. The van der Waals surface area contributed by atoms with Crippen molar-refractivity contribution in [1.29, 1.82) is 0 Å². The lowest BCUT2D eigenvalue weighted by Crippen LogP contribution is -2.75. The van der Waals surface area contributed by atoms with Gasteiger partial charge < -0.3 is 0 Å². The minimum Gasteiger partial charge on any atom is -0.200 e. The standard InChI is InChI=1S/C13H12F16/c1-5(2,3)7(16,17)9(20,21)11(24,25)13(28,29)12(26,27)10(22,23)8(18,19)6(4,14)15/h1-4H3. The van der Waals surface area contributed by atoms with Gasteiger partial charge in [-0.05, 0) is 0 Å². The van der Waals surface area contributed by atoms with Gasteiger partial charge in [-0.25, -0.2) is 0 Å². The molecular formula is C13H12F16. The van der Waals surface area contributed by atoms with Gasteiger partial charge in [0.15, 0.2) is 0 Å². The van der Waals surface area contributed by atoms with E-state index in [0.29, 0.717) is 0 Å². The first-order chi connectivity index (χ1) is 12.0. The van der Waals surface area contributed by atoms with E-state index in [0.717, 1.165) is 0 Å². The van der Waals surface area contributed by atoms with Crippen molar-refractivity contribution >= 4 is 0 Å². The van der Waals surface area contributed by atoms with E-state index >= 15 is 0 Å². The molecule has 0 fully saturated rings. The number of alkyl halides is 16. The van der Waals surface area contributed by atoms with Crippen LogP contribution in [0.15, 0.2) is 0 Å². The summed E-state index contributed by atoms with van der Waals surface area (Å²) in [5, 5.41) is 0. The van der Waals surface area contributed by atoms with Gasteiger partial charge in [-0.2, -0.15) is 70.2 Å². The van der Waals surface area contributed by atoms with E-state index < -0.39 is 59.7 Å². The summed E-state index contributed by atoms with van der Waals surface area (Å²) in [6.45, 7) is -1.04. The van der Waals surface area contributed by atoms with Crippen LogP contribution < -0.4 is 0 Å². The molecule has 0 bridgehead atoms. The molecule has 0 unspecified atom stereocenters. The molecule has 0 aliphatic heterocycles. The summed E-state index contributed by atoms with van der Waals surface area (Å²) in [4.78, 5) is 0. The van der Waals surface area contributed by atoms with Crippen LogP contribution in [-0.4, -0.2) is 47.4 Å². The Morgan fingerprint density at radius 2 is 0.448 bits per heavy atom. The van der Waals surface area contributed by atoms with Crippen LogP contribution in [0.1, 0.15) is 27.7 Å². The smallest absolute Gasteiger partial charge is 0.200 e. The first-order valence-electron chi connectivity index (χ1n) is 7.02. The Balaban J connectivity index is 6.82. The molecule has 0 N–H and O–H groups in total. The molecule has 0 atom stereocenters. The Labute approximate surface area is 152 Å². The van der Waals surface area contributed by atoms with Gasteiger partial charge in [-0.3, -0.25) is 0 Å². The maximum Gasteiger partial charge on any atom is 0.384 e. The van der Waals surface area contributed by atoms with E-state index in [-0.39, 0.29) is 20.8 Å². The molecule has 0 saturated heterocycles. The van der Waals surface area contributed by atoms with Crippen LogP contribution in [0.2, 0.25) is 0 Å². The van der Waals surface area contributed by atoms with E-state index in [2.05, 4.69) is 0 Å². The topological polar surface area (TPSA) is 0 Å². The lowest BCUT2D eigenvalue weighted by Gasteiger charge is -2.45. The third-order valence-corrected chi connectivity index (χ3v) is 3.86. The molecule has 0 radical (unpaired) electrons. The fourth-order valence-electron chi connectivity index (χ4n) is 1.73. The van der Waals surface area contributed by atoms with Crippen LogP contribution in [0.4, 0.5) is 70.2 Å². The average molecular weight is 472 g/mol. The van der Waals surface area contributed by atoms with E-state index in [4.69, 9.17) is 0 Å². The molecule has 0 rings (SSSR count). The first kappa shape index (κ1) is 27.9. The number of halogens is 16. The van der Waals surface area contributed by atoms with Gasteiger partial charge in [0.2, 0.25) is 0 Å². The lowest BCUT2D eigenvalue weighted by atomic mass is 9.79. The predicted octanol–water partition coefficient (Wildman–Crippen LogP) is 7.13. The Bertz CT molecular complexity index is 551. The van der Waals surface area contributed by atoms with E-state index in [9.17, 15) is 70.2 Å². The van der Waals surface area contributed by atoms with Gasteiger partial charge in [0, 0.05) is 12.3 Å². The summed E-state index contributed by atoms with van der Waals surface area (Å²) < 4.78 is 212. The monoisotopic (exact) mass is 472 g/mol. The molecule has 0 aliphatic rings. The number of hydrogen-bond acceptors (Lipinski definition) is 0. The zero-order valence-corrected chi connectivity index (χ0v) is 14.5. The van der Waals surface area contributed by atoms with Crippen molar-refractivity contribution < 1.29 is 70.2 Å². The molecular weight excluding hydrogens is 460 g/mol. The predicted molar refractivity (Wildman–Crippen MR) is 64.7 cm³/mol. The summed E-state index contributed by atoms with van der Waals surface area (Å²) in [6.07, 6.45) is 0. The van der Waals surface area contributed by atoms with Crippen LogP contribution in [0.25, 0.3) is 0 Å². The van der Waals surface area contributed by atoms with Gasteiger partial charge in [0.05, 0.1) is 0 Å². The van der Waals surface area contributed by atoms with Crippen LogP contribution in [0, 0.1) is 5.41 Å². The molecule has 0 aromatic rings. The van der Waals surface area contributed by atoms with Crippen molar-refractivity contribution in [3.05, 3.63) is 0 Å². The highest BCUT2D eigenvalue weighted by Gasteiger charge is 2.94. The first-order valence-corrected chi connectivity index (χ1v) is 7.02. The molecule has 16 heteroatoms. The highest BCUT2D eigenvalue weighted by Crippen LogP contribution is 2.65.